The van der Waals surface area contributed by atoms with Crippen LogP contribution in [0.25, 0.3) is 21.5 Å². The van der Waals surface area contributed by atoms with Crippen LogP contribution >= 0.6 is 0 Å². The summed E-state index contributed by atoms with van der Waals surface area (Å²) in [5, 5.41) is 5.27. The van der Waals surface area contributed by atoms with Gasteiger partial charge < -0.3 is 4.90 Å². The summed E-state index contributed by atoms with van der Waals surface area (Å²) in [6.07, 6.45) is 7.64. The summed E-state index contributed by atoms with van der Waals surface area (Å²) in [4.78, 5) is 2.52. The molecule has 0 heterocycles. The highest BCUT2D eigenvalue weighted by Gasteiger charge is 2.27. The molecule has 7 aromatic carbocycles. The maximum Gasteiger partial charge on any atom is 0.0618 e. The fourth-order valence-corrected chi connectivity index (χ4v) is 9.02. The minimum atomic E-state index is 0.161. The van der Waals surface area contributed by atoms with Gasteiger partial charge in [-0.3, -0.25) is 0 Å². The Labute approximate surface area is 343 Å². The third kappa shape index (κ3) is 8.18. The normalized spacial score (nSPS) is 12.6. The monoisotopic (exact) mass is 749 g/mol. The van der Waals surface area contributed by atoms with Gasteiger partial charge in [0.25, 0.3) is 0 Å². The van der Waals surface area contributed by atoms with Crippen molar-refractivity contribution in [3.05, 3.63) is 185 Å². The van der Waals surface area contributed by atoms with Gasteiger partial charge in [-0.15, -0.1) is 0 Å². The quantitative estimate of drug-likeness (QED) is 0.0944. The Morgan fingerprint density at radius 2 is 0.842 bits per heavy atom. The highest BCUT2D eigenvalue weighted by atomic mass is 15.1. The van der Waals surface area contributed by atoms with Crippen molar-refractivity contribution in [2.75, 3.05) is 4.90 Å². The van der Waals surface area contributed by atoms with Gasteiger partial charge in [0.1, 0.15) is 0 Å². The third-order valence-electron chi connectivity index (χ3n) is 13.8. The van der Waals surface area contributed by atoms with E-state index in [1.54, 1.807) is 0 Å². The Bertz CT molecular complexity index is 2330. The smallest absolute Gasteiger partial charge is 0.0618 e. The molecule has 0 bridgehead atoms. The van der Waals surface area contributed by atoms with Gasteiger partial charge in [-0.05, 0) is 138 Å². The van der Waals surface area contributed by atoms with E-state index in [1.165, 1.54) is 77.6 Å². The van der Waals surface area contributed by atoms with Gasteiger partial charge >= 0.3 is 0 Å². The number of anilines is 3. The number of hydrogen-bond donors (Lipinski definition) is 0. The summed E-state index contributed by atoms with van der Waals surface area (Å²) in [6, 6.07) is 55.8. The third-order valence-corrected chi connectivity index (χ3v) is 13.8. The van der Waals surface area contributed by atoms with Crippen molar-refractivity contribution >= 4 is 38.6 Å². The highest BCUT2D eigenvalue weighted by Crippen LogP contribution is 2.48. The van der Waals surface area contributed by atoms with Crippen LogP contribution in [0.2, 0.25) is 0 Å². The summed E-state index contributed by atoms with van der Waals surface area (Å²) in [5.74, 6) is 0.320. The molecule has 0 aliphatic rings. The van der Waals surface area contributed by atoms with Crippen LogP contribution < -0.4 is 4.90 Å². The second-order valence-electron chi connectivity index (χ2n) is 17.2. The van der Waals surface area contributed by atoms with Crippen molar-refractivity contribution in [3.63, 3.8) is 0 Å². The van der Waals surface area contributed by atoms with Crippen molar-refractivity contribution in [1.29, 1.82) is 0 Å². The van der Waals surface area contributed by atoms with E-state index in [-0.39, 0.29) is 10.8 Å². The number of hydrogen-bond acceptors (Lipinski definition) is 1. The first kappa shape index (κ1) is 40.1. The molecule has 0 saturated heterocycles. The summed E-state index contributed by atoms with van der Waals surface area (Å²) in [5.41, 5.74) is 13.7. The van der Waals surface area contributed by atoms with Crippen LogP contribution in [0.15, 0.2) is 146 Å². The van der Waals surface area contributed by atoms with E-state index >= 15 is 0 Å². The summed E-state index contributed by atoms with van der Waals surface area (Å²) in [7, 11) is 0. The molecule has 0 spiro atoms. The maximum absolute atomic E-state index is 2.52. The summed E-state index contributed by atoms with van der Waals surface area (Å²) in [6.45, 7) is 18.4. The molecule has 0 aromatic heterocycles. The molecular formula is C56H63N. The standard InChI is InChI=1S/C56H63N/c1-9-55(7,10-2)45-31-28-42(29-32-45)27-30-44(39-43-25-21-40(5)22-26-43)53-49-17-13-15-19-51(49)54(52-20-16-14-18-50(52)53)57(47-35-23-41(6)24-36-47)48-37-33-46(34-38-48)56(8,11-3)12-4/h13-26,28-29,31-38,44H,9-12,27,30,39H2,1-8H3. The van der Waals surface area contributed by atoms with E-state index < -0.39 is 0 Å². The Hall–Kier alpha value is -5.14. The van der Waals surface area contributed by atoms with Crippen molar-refractivity contribution in [2.45, 2.75) is 117 Å². The highest BCUT2D eigenvalue weighted by molar-refractivity contribution is 6.16. The molecular weight excluding hydrogens is 687 g/mol. The molecule has 7 rings (SSSR count). The van der Waals surface area contributed by atoms with E-state index in [2.05, 4.69) is 206 Å². The number of fused-ring (bicyclic) bond motifs is 2. The van der Waals surface area contributed by atoms with E-state index in [0.717, 1.165) is 44.9 Å². The van der Waals surface area contributed by atoms with Crippen molar-refractivity contribution in [1.82, 2.24) is 0 Å². The SMILES string of the molecule is CCC(C)(CC)c1ccc(CCC(Cc2ccc(C)cc2)c2c3ccccc3c(N(c3ccc(C)cc3)c3ccc(C(C)(CC)CC)cc3)c3ccccc23)cc1. The molecule has 7 aromatic rings. The number of aryl methyl sites for hydroxylation is 3. The van der Waals surface area contributed by atoms with Gasteiger partial charge in [0.15, 0.2) is 0 Å². The van der Waals surface area contributed by atoms with E-state index in [4.69, 9.17) is 0 Å². The molecule has 0 radical (unpaired) electrons. The second kappa shape index (κ2) is 17.2. The number of nitrogens with zero attached hydrogens (tertiary/aromatic N) is 1. The van der Waals surface area contributed by atoms with Crippen LogP contribution in [0.4, 0.5) is 17.1 Å². The molecule has 0 amide bonds. The zero-order chi connectivity index (χ0) is 40.2. The lowest BCUT2D eigenvalue weighted by Crippen LogP contribution is -2.19. The Balaban J connectivity index is 1.41. The minimum Gasteiger partial charge on any atom is -0.309 e. The first-order chi connectivity index (χ1) is 27.6. The lowest BCUT2D eigenvalue weighted by Gasteiger charge is -2.32. The van der Waals surface area contributed by atoms with Crippen LogP contribution in [-0.2, 0) is 23.7 Å². The number of rotatable bonds is 15. The predicted octanol–water partition coefficient (Wildman–Crippen LogP) is 16.2. The number of benzene rings is 7. The van der Waals surface area contributed by atoms with Crippen LogP contribution in [0.5, 0.6) is 0 Å². The van der Waals surface area contributed by atoms with Gasteiger partial charge in [0.05, 0.1) is 5.69 Å². The average molecular weight is 750 g/mol. The van der Waals surface area contributed by atoms with Crippen LogP contribution in [-0.4, -0.2) is 0 Å². The molecule has 1 atom stereocenters. The van der Waals surface area contributed by atoms with Gasteiger partial charge in [-0.2, -0.15) is 0 Å². The first-order valence-corrected chi connectivity index (χ1v) is 21.7. The van der Waals surface area contributed by atoms with Crippen LogP contribution in [0.1, 0.15) is 119 Å². The Kier molecular flexibility index (Phi) is 12.1. The van der Waals surface area contributed by atoms with E-state index in [0.29, 0.717) is 5.92 Å². The van der Waals surface area contributed by atoms with Crippen molar-refractivity contribution < 1.29 is 0 Å². The fraction of sp³-hybridized carbons (Fsp3) is 0.321. The molecule has 0 fully saturated rings. The molecule has 1 unspecified atom stereocenters. The van der Waals surface area contributed by atoms with Gasteiger partial charge in [-0.25, -0.2) is 0 Å². The fourth-order valence-electron chi connectivity index (χ4n) is 9.02. The second-order valence-corrected chi connectivity index (χ2v) is 17.2. The zero-order valence-electron chi connectivity index (χ0n) is 35.8. The van der Waals surface area contributed by atoms with Gasteiger partial charge in [-0.1, -0.05) is 174 Å². The molecule has 1 nitrogen and oxygen atoms in total. The topological polar surface area (TPSA) is 3.24 Å². The molecule has 0 aliphatic heterocycles. The lowest BCUT2D eigenvalue weighted by atomic mass is 9.77. The molecule has 1 heteroatoms. The largest absolute Gasteiger partial charge is 0.309 e. The predicted molar refractivity (Wildman–Crippen MR) is 249 cm³/mol. The molecule has 292 valence electrons. The molecule has 0 N–H and O–H groups in total. The molecule has 57 heavy (non-hydrogen) atoms. The van der Waals surface area contributed by atoms with Crippen molar-refractivity contribution in [3.8, 4) is 0 Å². The Morgan fingerprint density at radius 3 is 1.30 bits per heavy atom. The van der Waals surface area contributed by atoms with Crippen molar-refractivity contribution in [2.24, 2.45) is 0 Å². The zero-order valence-corrected chi connectivity index (χ0v) is 35.8. The van der Waals surface area contributed by atoms with Gasteiger partial charge in [0, 0.05) is 22.1 Å². The molecule has 0 aliphatic carbocycles. The Morgan fingerprint density at radius 1 is 0.456 bits per heavy atom. The summed E-state index contributed by atoms with van der Waals surface area (Å²) < 4.78 is 0. The van der Waals surface area contributed by atoms with Crippen LogP contribution in [0, 0.1) is 13.8 Å². The van der Waals surface area contributed by atoms with Gasteiger partial charge in [0.2, 0.25) is 0 Å². The van der Waals surface area contributed by atoms with Crippen LogP contribution in [0.3, 0.4) is 0 Å². The molecule has 0 saturated carbocycles. The van der Waals surface area contributed by atoms with E-state index in [9.17, 15) is 0 Å². The minimum absolute atomic E-state index is 0.161. The lowest BCUT2D eigenvalue weighted by molar-refractivity contribution is 0.439. The summed E-state index contributed by atoms with van der Waals surface area (Å²) >= 11 is 0. The maximum atomic E-state index is 2.52. The first-order valence-electron chi connectivity index (χ1n) is 21.7. The van der Waals surface area contributed by atoms with E-state index in [1.807, 2.05) is 0 Å². The average Bonchev–Trinajstić information content (AvgIpc) is 3.26.